The summed E-state index contributed by atoms with van der Waals surface area (Å²) in [6, 6.07) is 4.18. The highest BCUT2D eigenvalue weighted by molar-refractivity contribution is 6.76. The number of alkyl halides is 1. The zero-order valence-electron chi connectivity index (χ0n) is 17.9. The Morgan fingerprint density at radius 1 is 1.34 bits per heavy atom. The third kappa shape index (κ3) is 4.38. The van der Waals surface area contributed by atoms with Gasteiger partial charge in [0, 0.05) is 31.3 Å². The number of halogens is 2. The summed E-state index contributed by atoms with van der Waals surface area (Å²) in [5.74, 6) is -1.12. The standard InChI is InChI=1S/C21H23ClFN5O3Si/c1-32(2,3)5-4-31-11-28-10-14(21(29)30)18-20(28)24-9-16(25-18)19-17-12(8-23)6-13(22)7-15(17)26-27-19/h6-7,9-10H,4-5,8,11H2,1-3H3,(H,26,27)(H,29,30). The van der Waals surface area contributed by atoms with Gasteiger partial charge >= 0.3 is 5.97 Å². The predicted molar refractivity (Wildman–Crippen MR) is 124 cm³/mol. The lowest BCUT2D eigenvalue weighted by molar-refractivity contribution is 0.0696. The summed E-state index contributed by atoms with van der Waals surface area (Å²) in [7, 11) is -1.24. The molecule has 0 aliphatic heterocycles. The molecule has 0 saturated carbocycles. The number of nitrogens with one attached hydrogen (secondary N) is 1. The molecule has 0 saturated heterocycles. The van der Waals surface area contributed by atoms with Crippen molar-refractivity contribution < 1.29 is 19.0 Å². The lowest BCUT2D eigenvalue weighted by Crippen LogP contribution is -2.22. The van der Waals surface area contributed by atoms with Crippen molar-refractivity contribution in [3.8, 4) is 11.4 Å². The molecule has 0 atom stereocenters. The summed E-state index contributed by atoms with van der Waals surface area (Å²) in [5, 5.41) is 17.7. The third-order valence-corrected chi connectivity index (χ3v) is 7.04. The van der Waals surface area contributed by atoms with E-state index in [4.69, 9.17) is 16.3 Å². The topological polar surface area (TPSA) is 106 Å². The van der Waals surface area contributed by atoms with Gasteiger partial charge < -0.3 is 14.4 Å². The van der Waals surface area contributed by atoms with E-state index in [9.17, 15) is 14.3 Å². The maximum absolute atomic E-state index is 13.6. The largest absolute Gasteiger partial charge is 0.478 e. The Bertz CT molecular complexity index is 1310. The van der Waals surface area contributed by atoms with Crippen LogP contribution in [0.4, 0.5) is 4.39 Å². The lowest BCUT2D eigenvalue weighted by atomic mass is 10.1. The van der Waals surface area contributed by atoms with Gasteiger partial charge in [0.05, 0.1) is 11.7 Å². The Balaban J connectivity index is 1.74. The average Bonchev–Trinajstić information content (AvgIpc) is 3.31. The molecule has 0 radical (unpaired) electrons. The molecule has 0 fully saturated rings. The number of H-pyrrole nitrogens is 1. The minimum absolute atomic E-state index is 0.0109. The Morgan fingerprint density at radius 3 is 2.81 bits per heavy atom. The minimum Gasteiger partial charge on any atom is -0.478 e. The molecule has 4 rings (SSSR count). The minimum atomic E-state index is -1.24. The molecule has 0 bridgehead atoms. The van der Waals surface area contributed by atoms with Crippen molar-refractivity contribution in [2.75, 3.05) is 6.61 Å². The van der Waals surface area contributed by atoms with Crippen LogP contribution in [0.2, 0.25) is 30.7 Å². The van der Waals surface area contributed by atoms with Gasteiger partial charge in [0.1, 0.15) is 35.9 Å². The number of carbonyl (C=O) groups is 1. The Kier molecular flexibility index (Phi) is 6.02. The van der Waals surface area contributed by atoms with Gasteiger partial charge in [-0.05, 0) is 23.7 Å². The van der Waals surface area contributed by atoms with Crippen molar-refractivity contribution in [2.24, 2.45) is 0 Å². The molecule has 0 unspecified atom stereocenters. The van der Waals surface area contributed by atoms with Gasteiger partial charge in [0.2, 0.25) is 0 Å². The van der Waals surface area contributed by atoms with Crippen molar-refractivity contribution in [3.63, 3.8) is 0 Å². The van der Waals surface area contributed by atoms with Gasteiger partial charge in [-0.3, -0.25) is 5.10 Å². The van der Waals surface area contributed by atoms with E-state index in [1.165, 1.54) is 18.5 Å². The Morgan fingerprint density at radius 2 is 2.12 bits per heavy atom. The van der Waals surface area contributed by atoms with Gasteiger partial charge in [-0.2, -0.15) is 5.10 Å². The van der Waals surface area contributed by atoms with Crippen LogP contribution < -0.4 is 0 Å². The summed E-state index contributed by atoms with van der Waals surface area (Å²) in [6.07, 6.45) is 2.97. The van der Waals surface area contributed by atoms with E-state index in [0.717, 1.165) is 6.04 Å². The third-order valence-electron chi connectivity index (χ3n) is 5.12. The highest BCUT2D eigenvalue weighted by Gasteiger charge is 2.21. The van der Waals surface area contributed by atoms with Crippen LogP contribution in [0.15, 0.2) is 24.5 Å². The number of hydrogen-bond acceptors (Lipinski definition) is 5. The Hall–Kier alpha value is -2.82. The molecular formula is C21H23ClFN5O3Si. The van der Waals surface area contributed by atoms with Crippen LogP contribution in [0, 0.1) is 0 Å². The highest BCUT2D eigenvalue weighted by atomic mass is 35.5. The zero-order chi connectivity index (χ0) is 23.0. The first-order chi connectivity index (χ1) is 15.2. The second-order valence-electron chi connectivity index (χ2n) is 8.79. The van der Waals surface area contributed by atoms with Gasteiger partial charge in [-0.15, -0.1) is 0 Å². The molecule has 0 spiro atoms. The first kappa shape index (κ1) is 22.4. The number of aromatic amines is 1. The fourth-order valence-electron chi connectivity index (χ4n) is 3.46. The van der Waals surface area contributed by atoms with Crippen LogP contribution in [-0.2, 0) is 18.1 Å². The number of fused-ring (bicyclic) bond motifs is 2. The highest BCUT2D eigenvalue weighted by Crippen LogP contribution is 2.32. The number of aromatic carboxylic acids is 1. The molecular weight excluding hydrogens is 453 g/mol. The number of carboxylic acids is 1. The van der Waals surface area contributed by atoms with Crippen molar-refractivity contribution in [1.82, 2.24) is 24.7 Å². The monoisotopic (exact) mass is 475 g/mol. The van der Waals surface area contributed by atoms with Crippen LogP contribution in [0.5, 0.6) is 0 Å². The van der Waals surface area contributed by atoms with Crippen LogP contribution in [-0.4, -0.2) is 50.5 Å². The molecule has 32 heavy (non-hydrogen) atoms. The summed E-state index contributed by atoms with van der Waals surface area (Å²) in [5.41, 5.74) is 2.27. The number of nitrogens with zero attached hydrogens (tertiary/aromatic N) is 4. The van der Waals surface area contributed by atoms with E-state index in [2.05, 4.69) is 39.8 Å². The van der Waals surface area contributed by atoms with E-state index in [1.807, 2.05) is 0 Å². The maximum atomic E-state index is 13.6. The number of aromatic nitrogens is 5. The fourth-order valence-corrected chi connectivity index (χ4v) is 4.45. The van der Waals surface area contributed by atoms with Crippen molar-refractivity contribution in [1.29, 1.82) is 0 Å². The normalized spacial score (nSPS) is 12.2. The molecule has 8 nitrogen and oxygen atoms in total. The van der Waals surface area contributed by atoms with E-state index in [0.29, 0.717) is 45.1 Å². The first-order valence-electron chi connectivity index (χ1n) is 10.1. The van der Waals surface area contributed by atoms with Crippen LogP contribution >= 0.6 is 11.6 Å². The second kappa shape index (κ2) is 8.61. The summed E-state index contributed by atoms with van der Waals surface area (Å²) in [4.78, 5) is 20.8. The van der Waals surface area contributed by atoms with Gasteiger partial charge in [0.15, 0.2) is 5.65 Å². The van der Waals surface area contributed by atoms with E-state index < -0.39 is 20.7 Å². The quantitative estimate of drug-likeness (QED) is 0.271. The zero-order valence-corrected chi connectivity index (χ0v) is 19.7. The summed E-state index contributed by atoms with van der Waals surface area (Å²) >= 11 is 6.05. The van der Waals surface area contributed by atoms with Crippen molar-refractivity contribution >= 4 is 47.7 Å². The van der Waals surface area contributed by atoms with Gasteiger partial charge in [0.25, 0.3) is 0 Å². The summed E-state index contributed by atoms with van der Waals surface area (Å²) < 4.78 is 21.0. The number of carboxylic acid groups (broad SMARTS) is 1. The molecule has 0 aliphatic rings. The summed E-state index contributed by atoms with van der Waals surface area (Å²) in [6.45, 7) is 6.83. The molecule has 3 heterocycles. The average molecular weight is 476 g/mol. The second-order valence-corrected chi connectivity index (χ2v) is 14.8. The molecule has 3 aromatic heterocycles. The van der Waals surface area contributed by atoms with E-state index in [1.54, 1.807) is 10.6 Å². The maximum Gasteiger partial charge on any atom is 0.339 e. The lowest BCUT2D eigenvalue weighted by Gasteiger charge is -2.15. The van der Waals surface area contributed by atoms with E-state index >= 15 is 0 Å². The fraction of sp³-hybridized carbons (Fsp3) is 0.333. The van der Waals surface area contributed by atoms with Crippen molar-refractivity contribution in [2.45, 2.75) is 39.1 Å². The number of ether oxygens (including phenoxy) is 1. The Labute approximate surface area is 189 Å². The molecule has 168 valence electrons. The number of hydrogen-bond donors (Lipinski definition) is 2. The van der Waals surface area contributed by atoms with Crippen LogP contribution in [0.25, 0.3) is 33.5 Å². The number of rotatable bonds is 8. The SMILES string of the molecule is C[Si](C)(C)CCOCn1cc(C(=O)O)c2nc(-c3n[nH]c4cc(Cl)cc(CF)c34)cnc21. The predicted octanol–water partition coefficient (Wildman–Crippen LogP) is 5.11. The first-order valence-corrected chi connectivity index (χ1v) is 14.2. The number of benzene rings is 1. The van der Waals surface area contributed by atoms with Gasteiger partial charge in [-0.1, -0.05) is 31.2 Å². The van der Waals surface area contributed by atoms with E-state index in [-0.39, 0.29) is 17.8 Å². The molecule has 2 N–H and O–H groups in total. The molecule has 0 aliphatic carbocycles. The molecule has 11 heteroatoms. The van der Waals surface area contributed by atoms with Crippen molar-refractivity contribution in [3.05, 3.63) is 40.7 Å². The smallest absolute Gasteiger partial charge is 0.339 e. The molecule has 0 amide bonds. The van der Waals surface area contributed by atoms with Crippen LogP contribution in [0.1, 0.15) is 15.9 Å². The van der Waals surface area contributed by atoms with Gasteiger partial charge in [-0.25, -0.2) is 19.2 Å². The molecule has 4 aromatic rings. The van der Waals surface area contributed by atoms with Crippen LogP contribution in [0.3, 0.4) is 0 Å². The molecule has 1 aromatic carbocycles.